The first-order valence-electron chi connectivity index (χ1n) is 6.66. The third kappa shape index (κ3) is 6.44. The minimum atomic E-state index is -0.843. The lowest BCUT2D eigenvalue weighted by Crippen LogP contribution is -2.29. The Hall–Kier alpha value is -0.860. The van der Waals surface area contributed by atoms with Gasteiger partial charge in [0, 0.05) is 13.1 Å². The minimum absolute atomic E-state index is 0.517. The number of hydrogen-bond acceptors (Lipinski definition) is 1. The van der Waals surface area contributed by atoms with Gasteiger partial charge in [0.25, 0.3) is 5.91 Å². The van der Waals surface area contributed by atoms with E-state index in [2.05, 4.69) is 20.4 Å². The van der Waals surface area contributed by atoms with Crippen molar-refractivity contribution in [2.75, 3.05) is 13.1 Å². The van der Waals surface area contributed by atoms with Crippen molar-refractivity contribution in [3.63, 3.8) is 0 Å². The van der Waals surface area contributed by atoms with Gasteiger partial charge in [0.15, 0.2) is 5.83 Å². The molecule has 1 saturated heterocycles. The third-order valence-corrected chi connectivity index (χ3v) is 2.69. The fourth-order valence-corrected chi connectivity index (χ4v) is 1.69. The summed E-state index contributed by atoms with van der Waals surface area (Å²) in [6.07, 6.45) is 0.983. The van der Waals surface area contributed by atoms with Crippen LogP contribution in [0.4, 0.5) is 4.39 Å². The van der Waals surface area contributed by atoms with Crippen molar-refractivity contribution in [1.29, 1.82) is 0 Å². The van der Waals surface area contributed by atoms with Gasteiger partial charge in [0.2, 0.25) is 0 Å². The maximum atomic E-state index is 12.5. The van der Waals surface area contributed by atoms with E-state index in [1.54, 1.807) is 4.90 Å². The van der Waals surface area contributed by atoms with Crippen molar-refractivity contribution in [3.05, 3.63) is 12.4 Å². The Bertz CT molecular complexity index is 226. The van der Waals surface area contributed by atoms with Crippen LogP contribution in [0.2, 0.25) is 0 Å². The van der Waals surface area contributed by atoms with Gasteiger partial charge in [-0.05, 0) is 18.3 Å². The Balaban J connectivity index is 0. The molecular formula is C14H28FNO. The largest absolute Gasteiger partial charge is 0.336 e. The monoisotopic (exact) mass is 245 g/mol. The van der Waals surface area contributed by atoms with Crippen LogP contribution >= 0.6 is 0 Å². The zero-order valence-corrected chi connectivity index (χ0v) is 12.2. The number of carbonyl (C=O) groups excluding carboxylic acids is 1. The van der Waals surface area contributed by atoms with Crippen molar-refractivity contribution < 1.29 is 9.18 Å². The third-order valence-electron chi connectivity index (χ3n) is 2.69. The molecule has 0 aromatic carbocycles. The van der Waals surface area contributed by atoms with Crippen LogP contribution in [0.15, 0.2) is 12.4 Å². The molecule has 1 amide bonds. The number of rotatable bonds is 2. The number of nitrogens with zero attached hydrogens (tertiary/aromatic N) is 1. The highest BCUT2D eigenvalue weighted by Crippen LogP contribution is 2.24. The second-order valence-corrected chi connectivity index (χ2v) is 3.95. The van der Waals surface area contributed by atoms with Gasteiger partial charge in [-0.1, -0.05) is 48.1 Å². The van der Waals surface area contributed by atoms with Gasteiger partial charge in [0.1, 0.15) is 0 Å². The van der Waals surface area contributed by atoms with E-state index < -0.39 is 11.7 Å². The average Bonchev–Trinajstić information content (AvgIpc) is 2.82. The van der Waals surface area contributed by atoms with Gasteiger partial charge in [-0.25, -0.2) is 4.39 Å². The molecule has 102 valence electrons. The number of carbonyl (C=O) groups is 1. The molecule has 1 rings (SSSR count). The van der Waals surface area contributed by atoms with Crippen molar-refractivity contribution in [3.8, 4) is 0 Å². The molecule has 0 aromatic rings. The highest BCUT2D eigenvalue weighted by atomic mass is 19.1. The van der Waals surface area contributed by atoms with Crippen molar-refractivity contribution in [1.82, 2.24) is 4.90 Å². The summed E-state index contributed by atoms with van der Waals surface area (Å²) in [5, 5.41) is 0. The van der Waals surface area contributed by atoms with Gasteiger partial charge >= 0.3 is 0 Å². The molecule has 0 radical (unpaired) electrons. The van der Waals surface area contributed by atoms with Gasteiger partial charge in [-0.3, -0.25) is 4.79 Å². The van der Waals surface area contributed by atoms with E-state index in [9.17, 15) is 9.18 Å². The van der Waals surface area contributed by atoms with Gasteiger partial charge < -0.3 is 4.90 Å². The Morgan fingerprint density at radius 2 is 1.76 bits per heavy atom. The highest BCUT2D eigenvalue weighted by molar-refractivity contribution is 5.90. The van der Waals surface area contributed by atoms with Crippen LogP contribution in [0.1, 0.15) is 48.0 Å². The Morgan fingerprint density at radius 3 is 2.06 bits per heavy atom. The normalized spacial score (nSPS) is 17.9. The number of hydrogen-bond donors (Lipinski definition) is 0. The topological polar surface area (TPSA) is 20.3 Å². The van der Waals surface area contributed by atoms with Crippen LogP contribution < -0.4 is 0 Å². The minimum Gasteiger partial charge on any atom is -0.336 e. The molecule has 3 heteroatoms. The molecule has 0 bridgehead atoms. The van der Waals surface area contributed by atoms with Crippen molar-refractivity contribution in [2.45, 2.75) is 48.0 Å². The van der Waals surface area contributed by atoms with E-state index in [-0.39, 0.29) is 0 Å². The molecule has 0 spiro atoms. The summed E-state index contributed by atoms with van der Waals surface area (Å²) in [5.41, 5.74) is 0. The second kappa shape index (κ2) is 10.3. The maximum absolute atomic E-state index is 12.5. The molecule has 0 aliphatic carbocycles. The molecule has 1 fully saturated rings. The SMILES string of the molecule is C=C(F)C(=O)N1CCC(C(C)C)C1.CC.CC. The van der Waals surface area contributed by atoms with E-state index in [4.69, 9.17) is 0 Å². The Labute approximate surface area is 106 Å². The molecule has 0 saturated carbocycles. The van der Waals surface area contributed by atoms with Crippen LogP contribution in [0.5, 0.6) is 0 Å². The van der Waals surface area contributed by atoms with E-state index in [1.165, 1.54) is 0 Å². The molecule has 1 aliphatic rings. The lowest BCUT2D eigenvalue weighted by Gasteiger charge is -2.16. The van der Waals surface area contributed by atoms with E-state index in [0.29, 0.717) is 24.9 Å². The van der Waals surface area contributed by atoms with Gasteiger partial charge in [-0.2, -0.15) is 0 Å². The zero-order chi connectivity index (χ0) is 14.0. The molecule has 0 N–H and O–H groups in total. The summed E-state index contributed by atoms with van der Waals surface area (Å²) in [6, 6.07) is 0. The van der Waals surface area contributed by atoms with Crippen LogP contribution in [-0.2, 0) is 4.79 Å². The first-order chi connectivity index (χ1) is 8.02. The molecule has 1 unspecified atom stereocenters. The lowest BCUT2D eigenvalue weighted by molar-refractivity contribution is -0.127. The predicted octanol–water partition coefficient (Wildman–Crippen LogP) is 4.03. The molecular weight excluding hydrogens is 217 g/mol. The molecule has 1 heterocycles. The second-order valence-electron chi connectivity index (χ2n) is 3.95. The average molecular weight is 245 g/mol. The molecule has 0 aromatic heterocycles. The highest BCUT2D eigenvalue weighted by Gasteiger charge is 2.28. The van der Waals surface area contributed by atoms with Crippen LogP contribution in [0.3, 0.4) is 0 Å². The van der Waals surface area contributed by atoms with Crippen molar-refractivity contribution in [2.24, 2.45) is 11.8 Å². The van der Waals surface area contributed by atoms with Crippen LogP contribution in [-0.4, -0.2) is 23.9 Å². The Kier molecular flexibility index (Phi) is 11.2. The Morgan fingerprint density at radius 1 is 1.29 bits per heavy atom. The molecule has 1 atom stereocenters. The summed E-state index contributed by atoms with van der Waals surface area (Å²) in [5.74, 6) is -0.304. The van der Waals surface area contributed by atoms with Crippen molar-refractivity contribution >= 4 is 5.91 Å². The fourth-order valence-electron chi connectivity index (χ4n) is 1.69. The zero-order valence-electron chi connectivity index (χ0n) is 12.2. The fraction of sp³-hybridized carbons (Fsp3) is 0.786. The van der Waals surface area contributed by atoms with Crippen LogP contribution in [0, 0.1) is 11.8 Å². The number of likely N-dealkylation sites (tertiary alicyclic amines) is 1. The molecule has 17 heavy (non-hydrogen) atoms. The quantitative estimate of drug-likeness (QED) is 0.673. The first kappa shape index (κ1) is 18.5. The molecule has 2 nitrogen and oxygen atoms in total. The summed E-state index contributed by atoms with van der Waals surface area (Å²) in [7, 11) is 0. The standard InChI is InChI=1S/C10H16FNO.2C2H6/c1-7(2)9-4-5-12(6-9)10(13)8(3)11;2*1-2/h7,9H,3-6H2,1-2H3;2*1-2H3. The smallest absolute Gasteiger partial charge is 0.281 e. The summed E-state index contributed by atoms with van der Waals surface area (Å²) >= 11 is 0. The molecule has 1 aliphatic heterocycles. The number of halogens is 1. The summed E-state index contributed by atoms with van der Waals surface area (Å²) in [4.78, 5) is 12.7. The lowest BCUT2D eigenvalue weighted by atomic mass is 9.95. The van der Waals surface area contributed by atoms with Crippen LogP contribution in [0.25, 0.3) is 0 Å². The van der Waals surface area contributed by atoms with E-state index in [1.807, 2.05) is 27.7 Å². The van der Waals surface area contributed by atoms with E-state index in [0.717, 1.165) is 6.42 Å². The summed E-state index contributed by atoms with van der Waals surface area (Å²) in [6.45, 7) is 16.6. The first-order valence-corrected chi connectivity index (χ1v) is 6.66. The predicted molar refractivity (Wildman–Crippen MR) is 72.5 cm³/mol. The summed E-state index contributed by atoms with van der Waals surface area (Å²) < 4.78 is 12.5. The maximum Gasteiger partial charge on any atom is 0.281 e. The van der Waals surface area contributed by atoms with Gasteiger partial charge in [0.05, 0.1) is 0 Å². The number of amides is 1. The van der Waals surface area contributed by atoms with Gasteiger partial charge in [-0.15, -0.1) is 0 Å². The van der Waals surface area contributed by atoms with E-state index >= 15 is 0 Å².